The maximum Gasteiger partial charge on any atom is 0.318 e. The number of primary amides is 1. The lowest BCUT2D eigenvalue weighted by atomic mass is 10.3. The van der Waals surface area contributed by atoms with E-state index < -0.39 is 17.2 Å². The third-order valence-corrected chi connectivity index (χ3v) is 3.22. The van der Waals surface area contributed by atoms with E-state index in [0.29, 0.717) is 5.69 Å². The zero-order valence-electron chi connectivity index (χ0n) is 10.6. The van der Waals surface area contributed by atoms with Crippen LogP contribution in [0.25, 0.3) is 0 Å². The first kappa shape index (κ1) is 15.0. The summed E-state index contributed by atoms with van der Waals surface area (Å²) in [6.07, 6.45) is 0. The first-order valence-electron chi connectivity index (χ1n) is 5.53. The molecule has 102 valence electrons. The fourth-order valence-electron chi connectivity index (χ4n) is 1.30. The van der Waals surface area contributed by atoms with Crippen molar-refractivity contribution in [3.8, 4) is 0 Å². The minimum absolute atomic E-state index is 0.144. The predicted octanol–water partition coefficient (Wildman–Crippen LogP) is 1.32. The molecular weight excluding hydrogens is 266 g/mol. The quantitative estimate of drug-likeness (QED) is 0.724. The molecule has 0 bridgehead atoms. The molecule has 0 aliphatic carbocycles. The third-order valence-electron chi connectivity index (χ3n) is 2.10. The molecule has 0 fully saturated rings. The van der Waals surface area contributed by atoms with Crippen LogP contribution >= 0.6 is 11.8 Å². The fraction of sp³-hybridized carbons (Fsp3) is 0.250. The van der Waals surface area contributed by atoms with E-state index in [4.69, 9.17) is 5.73 Å². The van der Waals surface area contributed by atoms with Crippen LogP contribution in [0.3, 0.4) is 0 Å². The summed E-state index contributed by atoms with van der Waals surface area (Å²) in [4.78, 5) is 33.7. The van der Waals surface area contributed by atoms with E-state index in [0.717, 1.165) is 4.90 Å². The molecule has 1 atom stereocenters. The number of hydrogen-bond acceptors (Lipinski definition) is 4. The molecule has 0 aliphatic heterocycles. The van der Waals surface area contributed by atoms with Crippen molar-refractivity contribution < 1.29 is 14.4 Å². The summed E-state index contributed by atoms with van der Waals surface area (Å²) in [7, 11) is 0. The van der Waals surface area contributed by atoms with Crippen molar-refractivity contribution in [2.24, 2.45) is 5.73 Å². The molecule has 19 heavy (non-hydrogen) atoms. The summed E-state index contributed by atoms with van der Waals surface area (Å²) in [5.41, 5.74) is 5.56. The molecule has 0 aliphatic rings. The number of carbonyl (C=O) groups excluding carboxylic acids is 3. The number of amides is 4. The number of benzene rings is 1. The Balaban J connectivity index is 2.59. The van der Waals surface area contributed by atoms with Gasteiger partial charge in [-0.1, -0.05) is 0 Å². The van der Waals surface area contributed by atoms with Gasteiger partial charge >= 0.3 is 6.03 Å². The van der Waals surface area contributed by atoms with Crippen LogP contribution in [0.2, 0.25) is 0 Å². The lowest BCUT2D eigenvalue weighted by molar-refractivity contribution is -0.119. The van der Waals surface area contributed by atoms with Crippen LogP contribution in [0.4, 0.5) is 10.5 Å². The molecule has 1 aromatic rings. The van der Waals surface area contributed by atoms with Gasteiger partial charge in [-0.15, -0.1) is 11.8 Å². The number of thioether (sulfide) groups is 1. The van der Waals surface area contributed by atoms with E-state index in [1.807, 2.05) is 5.32 Å². The monoisotopic (exact) mass is 281 g/mol. The van der Waals surface area contributed by atoms with Crippen molar-refractivity contribution in [1.29, 1.82) is 0 Å². The Hall–Kier alpha value is -2.02. The second-order valence-corrected chi connectivity index (χ2v) is 5.23. The maximum atomic E-state index is 11.5. The molecule has 4 amide bonds. The Labute approximate surface area is 115 Å². The summed E-state index contributed by atoms with van der Waals surface area (Å²) in [5.74, 6) is -0.585. The molecule has 0 unspecified atom stereocenters. The largest absolute Gasteiger partial charge is 0.351 e. The number of hydrogen-bond donors (Lipinski definition) is 3. The SMILES string of the molecule is CC(=O)Nc1ccc(S[C@@H](C)C(=O)NC(N)=O)cc1. The van der Waals surface area contributed by atoms with Crippen LogP contribution < -0.4 is 16.4 Å². The van der Waals surface area contributed by atoms with E-state index in [2.05, 4.69) is 5.32 Å². The van der Waals surface area contributed by atoms with E-state index in [-0.39, 0.29) is 5.91 Å². The van der Waals surface area contributed by atoms with Gasteiger partial charge < -0.3 is 11.1 Å². The molecule has 0 saturated carbocycles. The Morgan fingerprint density at radius 3 is 2.26 bits per heavy atom. The molecule has 7 heteroatoms. The first-order valence-corrected chi connectivity index (χ1v) is 6.41. The molecule has 0 radical (unpaired) electrons. The number of rotatable bonds is 4. The van der Waals surface area contributed by atoms with Gasteiger partial charge in [-0.2, -0.15) is 0 Å². The van der Waals surface area contributed by atoms with Gasteiger partial charge in [0, 0.05) is 17.5 Å². The summed E-state index contributed by atoms with van der Waals surface area (Å²) in [6, 6.07) is 6.18. The fourth-order valence-corrected chi connectivity index (χ4v) is 2.17. The summed E-state index contributed by atoms with van der Waals surface area (Å²) in [5, 5.41) is 4.22. The topological polar surface area (TPSA) is 101 Å². The van der Waals surface area contributed by atoms with Gasteiger partial charge in [0.15, 0.2) is 0 Å². The normalized spacial score (nSPS) is 11.5. The van der Waals surface area contributed by atoms with Crippen molar-refractivity contribution in [1.82, 2.24) is 5.32 Å². The van der Waals surface area contributed by atoms with Crippen LogP contribution in [0.5, 0.6) is 0 Å². The van der Waals surface area contributed by atoms with Crippen LogP contribution in [-0.2, 0) is 9.59 Å². The molecule has 0 spiro atoms. The van der Waals surface area contributed by atoms with Gasteiger partial charge in [-0.05, 0) is 31.2 Å². The molecule has 1 rings (SSSR count). The van der Waals surface area contributed by atoms with Crippen molar-refractivity contribution >= 4 is 35.3 Å². The molecular formula is C12H15N3O3S. The highest BCUT2D eigenvalue weighted by Crippen LogP contribution is 2.24. The second kappa shape index (κ2) is 6.79. The van der Waals surface area contributed by atoms with Crippen molar-refractivity contribution in [2.45, 2.75) is 24.0 Å². The summed E-state index contributed by atoms with van der Waals surface area (Å²) < 4.78 is 0. The second-order valence-electron chi connectivity index (χ2n) is 3.82. The minimum Gasteiger partial charge on any atom is -0.351 e. The lowest BCUT2D eigenvalue weighted by Gasteiger charge is -2.10. The molecule has 0 saturated heterocycles. The number of urea groups is 1. The Kier molecular flexibility index (Phi) is 5.37. The van der Waals surface area contributed by atoms with Gasteiger partial charge in [0.2, 0.25) is 11.8 Å². The number of nitrogens with two attached hydrogens (primary N) is 1. The highest BCUT2D eigenvalue weighted by molar-refractivity contribution is 8.00. The van der Waals surface area contributed by atoms with E-state index >= 15 is 0 Å². The lowest BCUT2D eigenvalue weighted by Crippen LogP contribution is -2.39. The van der Waals surface area contributed by atoms with Crippen LogP contribution in [-0.4, -0.2) is 23.1 Å². The first-order chi connectivity index (χ1) is 8.88. The third kappa shape index (κ3) is 5.43. The predicted molar refractivity (Wildman–Crippen MR) is 73.8 cm³/mol. The molecule has 1 aromatic carbocycles. The summed E-state index contributed by atoms with van der Waals surface area (Å²) >= 11 is 1.29. The maximum absolute atomic E-state index is 11.5. The average Bonchev–Trinajstić information content (AvgIpc) is 2.30. The van der Waals surface area contributed by atoms with Gasteiger partial charge in [-0.3, -0.25) is 14.9 Å². The molecule has 0 aromatic heterocycles. The van der Waals surface area contributed by atoms with Gasteiger partial charge in [0.25, 0.3) is 0 Å². The van der Waals surface area contributed by atoms with E-state index in [1.54, 1.807) is 31.2 Å². The van der Waals surface area contributed by atoms with Crippen molar-refractivity contribution in [2.75, 3.05) is 5.32 Å². The van der Waals surface area contributed by atoms with E-state index in [1.165, 1.54) is 18.7 Å². The minimum atomic E-state index is -0.863. The zero-order valence-corrected chi connectivity index (χ0v) is 11.4. The number of carbonyl (C=O) groups is 3. The Bertz CT molecular complexity index is 487. The number of nitrogens with one attached hydrogen (secondary N) is 2. The molecule has 0 heterocycles. The van der Waals surface area contributed by atoms with Crippen LogP contribution in [0.1, 0.15) is 13.8 Å². The zero-order chi connectivity index (χ0) is 14.4. The highest BCUT2D eigenvalue weighted by Gasteiger charge is 2.15. The molecule has 6 nitrogen and oxygen atoms in total. The van der Waals surface area contributed by atoms with Gasteiger partial charge in [-0.25, -0.2) is 4.79 Å². The van der Waals surface area contributed by atoms with Crippen molar-refractivity contribution in [3.05, 3.63) is 24.3 Å². The standard InChI is InChI=1S/C12H15N3O3S/c1-7(11(17)15-12(13)18)19-10-5-3-9(4-6-10)14-8(2)16/h3-7H,1-2H3,(H,14,16)(H3,13,15,17,18)/t7-/m0/s1. The van der Waals surface area contributed by atoms with Gasteiger partial charge in [0.05, 0.1) is 5.25 Å². The van der Waals surface area contributed by atoms with E-state index in [9.17, 15) is 14.4 Å². The highest BCUT2D eigenvalue weighted by atomic mass is 32.2. The summed E-state index contributed by atoms with van der Waals surface area (Å²) in [6.45, 7) is 3.10. The number of anilines is 1. The van der Waals surface area contributed by atoms with Crippen LogP contribution in [0.15, 0.2) is 29.2 Å². The number of imide groups is 1. The van der Waals surface area contributed by atoms with Gasteiger partial charge in [0.1, 0.15) is 0 Å². The van der Waals surface area contributed by atoms with Crippen molar-refractivity contribution in [3.63, 3.8) is 0 Å². The Morgan fingerprint density at radius 2 is 1.79 bits per heavy atom. The molecule has 4 N–H and O–H groups in total. The van der Waals surface area contributed by atoms with Crippen LogP contribution in [0, 0.1) is 0 Å². The average molecular weight is 281 g/mol. The smallest absolute Gasteiger partial charge is 0.318 e. The Morgan fingerprint density at radius 1 is 1.21 bits per heavy atom.